The first-order valence-electron chi connectivity index (χ1n) is 9.46. The van der Waals surface area contributed by atoms with Crippen LogP contribution in [0.2, 0.25) is 0 Å². The van der Waals surface area contributed by atoms with Crippen LogP contribution in [0.5, 0.6) is 0 Å². The molecule has 0 saturated carbocycles. The molecule has 0 radical (unpaired) electrons. The minimum absolute atomic E-state index is 0.164. The van der Waals surface area contributed by atoms with Crippen molar-refractivity contribution < 1.29 is 9.59 Å². The van der Waals surface area contributed by atoms with Gasteiger partial charge in [-0.1, -0.05) is 30.3 Å². The van der Waals surface area contributed by atoms with E-state index in [2.05, 4.69) is 34.7 Å². The maximum absolute atomic E-state index is 12.3. The molecule has 2 N–H and O–H groups in total. The van der Waals surface area contributed by atoms with Crippen LogP contribution in [-0.2, 0) is 6.42 Å². The summed E-state index contributed by atoms with van der Waals surface area (Å²) in [5.41, 5.74) is 3.55. The number of nitrogens with zero attached hydrogens (tertiary/aromatic N) is 1. The second-order valence-electron chi connectivity index (χ2n) is 6.87. The fourth-order valence-corrected chi connectivity index (χ4v) is 3.65. The number of carbonyl (C=O) groups excluding carboxylic acids is 2. The summed E-state index contributed by atoms with van der Waals surface area (Å²) in [5, 5.41) is 4.73. The number of para-hydroxylation sites is 1. The second kappa shape index (κ2) is 7.76. The quantitative estimate of drug-likeness (QED) is 0.477. The highest BCUT2D eigenvalue weighted by Crippen LogP contribution is 2.22. The van der Waals surface area contributed by atoms with Crippen LogP contribution in [0.3, 0.4) is 0 Å². The van der Waals surface area contributed by atoms with Crippen LogP contribution in [0.15, 0.2) is 54.7 Å². The first-order chi connectivity index (χ1) is 13.3. The zero-order valence-electron chi connectivity index (χ0n) is 15.2. The van der Waals surface area contributed by atoms with E-state index in [1.807, 2.05) is 6.07 Å². The number of hydrogen-bond donors (Lipinski definition) is 2. The predicted octanol–water partition coefficient (Wildman–Crippen LogP) is 3.38. The Balaban J connectivity index is 1.17. The lowest BCUT2D eigenvalue weighted by atomic mass is 10.1. The van der Waals surface area contributed by atoms with Crippen molar-refractivity contribution in [2.45, 2.75) is 19.3 Å². The SMILES string of the molecule is O=C1c2ccccc2C(=O)N1CCCCNCCc1c[nH]c2ccccc12. The van der Waals surface area contributed by atoms with Gasteiger partial charge in [0.15, 0.2) is 0 Å². The number of fused-ring (bicyclic) bond motifs is 2. The van der Waals surface area contributed by atoms with Crippen LogP contribution in [-0.4, -0.2) is 41.3 Å². The van der Waals surface area contributed by atoms with Crippen molar-refractivity contribution in [3.8, 4) is 0 Å². The third kappa shape index (κ3) is 3.51. The van der Waals surface area contributed by atoms with Crippen molar-refractivity contribution in [2.24, 2.45) is 0 Å². The van der Waals surface area contributed by atoms with Gasteiger partial charge in [-0.3, -0.25) is 14.5 Å². The van der Waals surface area contributed by atoms with Crippen LogP contribution in [0.1, 0.15) is 39.1 Å². The lowest BCUT2D eigenvalue weighted by molar-refractivity contribution is 0.0651. The Morgan fingerprint density at radius 3 is 2.33 bits per heavy atom. The van der Waals surface area contributed by atoms with Crippen molar-refractivity contribution in [1.82, 2.24) is 15.2 Å². The van der Waals surface area contributed by atoms with E-state index in [0.717, 1.165) is 32.4 Å². The van der Waals surface area contributed by atoms with Crippen LogP contribution in [0, 0.1) is 0 Å². The maximum Gasteiger partial charge on any atom is 0.261 e. The number of aromatic amines is 1. The molecule has 0 aliphatic carbocycles. The van der Waals surface area contributed by atoms with Gasteiger partial charge in [0.1, 0.15) is 0 Å². The van der Waals surface area contributed by atoms with E-state index in [1.54, 1.807) is 24.3 Å². The Hall–Kier alpha value is -2.92. The van der Waals surface area contributed by atoms with Crippen LogP contribution >= 0.6 is 0 Å². The third-order valence-electron chi connectivity index (χ3n) is 5.11. The lowest BCUT2D eigenvalue weighted by Crippen LogP contribution is -2.31. The molecule has 0 unspecified atom stereocenters. The molecule has 0 saturated heterocycles. The van der Waals surface area contributed by atoms with E-state index < -0.39 is 0 Å². The molecule has 0 bridgehead atoms. The van der Waals surface area contributed by atoms with E-state index >= 15 is 0 Å². The van der Waals surface area contributed by atoms with E-state index in [-0.39, 0.29) is 11.8 Å². The molecule has 0 spiro atoms. The number of benzene rings is 2. The van der Waals surface area contributed by atoms with Gasteiger partial charge in [-0.05, 0) is 56.1 Å². The predicted molar refractivity (Wildman–Crippen MR) is 106 cm³/mol. The molecule has 2 aromatic carbocycles. The van der Waals surface area contributed by atoms with E-state index in [0.29, 0.717) is 17.7 Å². The summed E-state index contributed by atoms with van der Waals surface area (Å²) in [7, 11) is 0. The van der Waals surface area contributed by atoms with Gasteiger partial charge in [0, 0.05) is 23.6 Å². The molecule has 4 rings (SSSR count). The number of imide groups is 1. The van der Waals surface area contributed by atoms with Gasteiger partial charge in [0.2, 0.25) is 0 Å². The Bertz CT molecular complexity index is 941. The smallest absolute Gasteiger partial charge is 0.261 e. The molecule has 1 aromatic heterocycles. The molecule has 3 aromatic rings. The highest BCUT2D eigenvalue weighted by molar-refractivity contribution is 6.21. The van der Waals surface area contributed by atoms with Gasteiger partial charge in [0.05, 0.1) is 11.1 Å². The average Bonchev–Trinajstić information content (AvgIpc) is 3.22. The minimum atomic E-state index is -0.164. The summed E-state index contributed by atoms with van der Waals surface area (Å²) in [5.74, 6) is -0.328. The van der Waals surface area contributed by atoms with Crippen LogP contribution in [0.25, 0.3) is 10.9 Å². The Morgan fingerprint density at radius 2 is 1.56 bits per heavy atom. The Morgan fingerprint density at radius 1 is 0.852 bits per heavy atom. The molecular formula is C22H23N3O2. The number of H-pyrrole nitrogens is 1. The topological polar surface area (TPSA) is 65.2 Å². The fourth-order valence-electron chi connectivity index (χ4n) is 3.65. The summed E-state index contributed by atoms with van der Waals surface area (Å²) in [6.07, 6.45) is 4.80. The number of aromatic nitrogens is 1. The second-order valence-corrected chi connectivity index (χ2v) is 6.87. The number of carbonyl (C=O) groups is 2. The van der Waals surface area contributed by atoms with Gasteiger partial charge in [-0.15, -0.1) is 0 Å². The molecule has 138 valence electrons. The molecular weight excluding hydrogens is 338 g/mol. The summed E-state index contributed by atoms with van der Waals surface area (Å²) < 4.78 is 0. The highest BCUT2D eigenvalue weighted by Gasteiger charge is 2.34. The molecule has 27 heavy (non-hydrogen) atoms. The number of unbranched alkanes of at least 4 members (excludes halogenated alkanes) is 1. The van der Waals surface area contributed by atoms with Gasteiger partial charge in [-0.2, -0.15) is 0 Å². The molecule has 0 atom stereocenters. The highest BCUT2D eigenvalue weighted by atomic mass is 16.2. The first-order valence-corrected chi connectivity index (χ1v) is 9.46. The number of hydrogen-bond acceptors (Lipinski definition) is 3. The standard InChI is InChI=1S/C22H23N3O2/c26-21-18-8-1-2-9-19(18)22(27)25(21)14-6-5-12-23-13-11-16-15-24-20-10-4-3-7-17(16)20/h1-4,7-10,15,23-24H,5-6,11-14H2. The van der Waals surface area contributed by atoms with Crippen molar-refractivity contribution in [1.29, 1.82) is 0 Å². The summed E-state index contributed by atoms with van der Waals surface area (Å²) in [4.78, 5) is 29.3. The molecule has 2 heterocycles. The summed E-state index contributed by atoms with van der Waals surface area (Å²) in [6.45, 7) is 2.27. The molecule has 1 aliphatic rings. The van der Waals surface area contributed by atoms with Crippen LogP contribution < -0.4 is 5.32 Å². The Kier molecular flexibility index (Phi) is 5.03. The van der Waals surface area contributed by atoms with E-state index in [9.17, 15) is 9.59 Å². The summed E-state index contributed by atoms with van der Waals surface area (Å²) >= 11 is 0. The number of nitrogens with one attached hydrogen (secondary N) is 2. The van der Waals surface area contributed by atoms with Crippen molar-refractivity contribution in [2.75, 3.05) is 19.6 Å². The monoisotopic (exact) mass is 361 g/mol. The zero-order chi connectivity index (χ0) is 18.6. The zero-order valence-corrected chi connectivity index (χ0v) is 15.2. The van der Waals surface area contributed by atoms with Gasteiger partial charge in [0.25, 0.3) is 11.8 Å². The normalized spacial score (nSPS) is 13.6. The minimum Gasteiger partial charge on any atom is -0.361 e. The van der Waals surface area contributed by atoms with Gasteiger partial charge < -0.3 is 10.3 Å². The van der Waals surface area contributed by atoms with Gasteiger partial charge >= 0.3 is 0 Å². The average molecular weight is 361 g/mol. The number of amides is 2. The molecule has 0 fully saturated rings. The fraction of sp³-hybridized carbons (Fsp3) is 0.273. The lowest BCUT2D eigenvalue weighted by Gasteiger charge is -2.13. The molecule has 1 aliphatic heterocycles. The molecule has 5 nitrogen and oxygen atoms in total. The number of rotatable bonds is 8. The largest absolute Gasteiger partial charge is 0.361 e. The van der Waals surface area contributed by atoms with Crippen molar-refractivity contribution >= 4 is 22.7 Å². The van der Waals surface area contributed by atoms with Gasteiger partial charge in [-0.25, -0.2) is 0 Å². The molecule has 5 heteroatoms. The van der Waals surface area contributed by atoms with Crippen molar-refractivity contribution in [3.05, 3.63) is 71.4 Å². The van der Waals surface area contributed by atoms with Crippen LogP contribution in [0.4, 0.5) is 0 Å². The summed E-state index contributed by atoms with van der Waals surface area (Å²) in [6, 6.07) is 15.4. The van der Waals surface area contributed by atoms with Crippen molar-refractivity contribution in [3.63, 3.8) is 0 Å². The first kappa shape index (κ1) is 17.5. The van der Waals surface area contributed by atoms with E-state index in [4.69, 9.17) is 0 Å². The maximum atomic E-state index is 12.3. The van der Waals surface area contributed by atoms with E-state index in [1.165, 1.54) is 21.4 Å². The third-order valence-corrected chi connectivity index (χ3v) is 5.11. The Labute approximate surface area is 158 Å². The molecule has 2 amide bonds.